The van der Waals surface area contributed by atoms with E-state index in [1.165, 1.54) is 18.4 Å². The van der Waals surface area contributed by atoms with Gasteiger partial charge in [0.25, 0.3) is 0 Å². The molecule has 0 N–H and O–H groups in total. The molecule has 0 bridgehead atoms. The number of carbonyl (C=O) groups excluding carboxylic acids is 1. The van der Waals surface area contributed by atoms with Crippen molar-refractivity contribution in [3.63, 3.8) is 0 Å². The molecule has 0 amide bonds. The highest BCUT2D eigenvalue weighted by atomic mass is 79.9. The van der Waals surface area contributed by atoms with Crippen LogP contribution in [0.3, 0.4) is 0 Å². The maximum atomic E-state index is 11.7. The maximum absolute atomic E-state index is 11.7. The lowest BCUT2D eigenvalue weighted by Gasteiger charge is -2.16. The van der Waals surface area contributed by atoms with E-state index in [-0.39, 0.29) is 6.10 Å². The zero-order chi connectivity index (χ0) is 14.7. The first-order valence-electron chi connectivity index (χ1n) is 5.81. The first-order valence-corrected chi connectivity index (χ1v) is 7.80. The molecule has 0 aliphatic carbocycles. The fourth-order valence-corrected chi connectivity index (χ4v) is 3.45. The molecule has 1 aromatic carbocycles. The first-order chi connectivity index (χ1) is 9.52. The highest BCUT2D eigenvalue weighted by Crippen LogP contribution is 2.37. The second kappa shape index (κ2) is 6.61. The highest BCUT2D eigenvalue weighted by Gasteiger charge is 2.20. The van der Waals surface area contributed by atoms with Gasteiger partial charge in [-0.1, -0.05) is 29.8 Å². The highest BCUT2D eigenvalue weighted by molar-refractivity contribution is 9.11. The van der Waals surface area contributed by atoms with Crippen LogP contribution in [0.25, 0.3) is 0 Å². The van der Waals surface area contributed by atoms with Gasteiger partial charge in [-0.25, -0.2) is 4.79 Å². The van der Waals surface area contributed by atoms with E-state index in [0.29, 0.717) is 15.6 Å². The topological polar surface area (TPSA) is 35.5 Å². The van der Waals surface area contributed by atoms with Gasteiger partial charge in [-0.2, -0.15) is 0 Å². The third kappa shape index (κ3) is 3.34. The zero-order valence-electron chi connectivity index (χ0n) is 10.9. The van der Waals surface area contributed by atoms with Crippen molar-refractivity contribution in [2.45, 2.75) is 13.0 Å². The molecule has 20 heavy (non-hydrogen) atoms. The van der Waals surface area contributed by atoms with Gasteiger partial charge >= 0.3 is 5.97 Å². The second-order valence-corrected chi connectivity index (χ2v) is 6.86. The molecular formula is C14H12BrClO3S. The van der Waals surface area contributed by atoms with Crippen molar-refractivity contribution in [2.24, 2.45) is 0 Å². The smallest absolute Gasteiger partial charge is 0.351 e. The van der Waals surface area contributed by atoms with Crippen LogP contribution in [0.4, 0.5) is 0 Å². The second-order valence-electron chi connectivity index (χ2n) is 4.02. The number of carbonyl (C=O) groups is 1. The number of benzene rings is 1. The summed E-state index contributed by atoms with van der Waals surface area (Å²) in [5.74, 6) is 0.0724. The normalized spacial score (nSPS) is 12.0. The van der Waals surface area contributed by atoms with Crippen LogP contribution >= 0.6 is 38.9 Å². The van der Waals surface area contributed by atoms with Gasteiger partial charge in [0, 0.05) is 16.7 Å². The average Bonchev–Trinajstić information content (AvgIpc) is 2.79. The number of halogens is 2. The van der Waals surface area contributed by atoms with Crippen molar-refractivity contribution in [3.8, 4) is 5.75 Å². The fourth-order valence-electron chi connectivity index (χ4n) is 1.73. The average molecular weight is 376 g/mol. The van der Waals surface area contributed by atoms with Gasteiger partial charge in [-0.05, 0) is 28.9 Å². The summed E-state index contributed by atoms with van der Waals surface area (Å²) in [5, 5.41) is 0.633. The van der Waals surface area contributed by atoms with E-state index in [1.807, 2.05) is 31.2 Å². The van der Waals surface area contributed by atoms with Crippen molar-refractivity contribution in [2.75, 3.05) is 7.11 Å². The SMILES string of the molecule is COC(=O)c1sc(Br)cc1O[C@H](C)c1ccccc1Cl. The Morgan fingerprint density at radius 2 is 2.10 bits per heavy atom. The molecule has 0 unspecified atom stereocenters. The lowest BCUT2D eigenvalue weighted by atomic mass is 10.1. The summed E-state index contributed by atoms with van der Waals surface area (Å²) in [7, 11) is 1.34. The van der Waals surface area contributed by atoms with E-state index < -0.39 is 5.97 Å². The molecule has 6 heteroatoms. The largest absolute Gasteiger partial charge is 0.484 e. The monoisotopic (exact) mass is 374 g/mol. The molecular weight excluding hydrogens is 364 g/mol. The van der Waals surface area contributed by atoms with E-state index in [0.717, 1.165) is 9.35 Å². The summed E-state index contributed by atoms with van der Waals surface area (Å²) in [5.41, 5.74) is 0.868. The molecule has 0 aliphatic rings. The van der Waals surface area contributed by atoms with Crippen molar-refractivity contribution >= 4 is 44.8 Å². The molecule has 0 fully saturated rings. The predicted octanol–water partition coefficient (Wildman–Crippen LogP) is 5.09. The van der Waals surface area contributed by atoms with Gasteiger partial charge in [-0.15, -0.1) is 11.3 Å². The van der Waals surface area contributed by atoms with E-state index in [1.54, 1.807) is 6.07 Å². The number of methoxy groups -OCH3 is 1. The van der Waals surface area contributed by atoms with Gasteiger partial charge in [-0.3, -0.25) is 0 Å². The minimum atomic E-state index is -0.415. The van der Waals surface area contributed by atoms with Crippen LogP contribution in [0.2, 0.25) is 5.02 Å². The Labute approximate surface area is 134 Å². The quantitative estimate of drug-likeness (QED) is 0.698. The Morgan fingerprint density at radius 1 is 1.40 bits per heavy atom. The van der Waals surface area contributed by atoms with Crippen LogP contribution in [0.1, 0.15) is 28.3 Å². The minimum absolute atomic E-state index is 0.270. The molecule has 1 heterocycles. The Balaban J connectivity index is 2.26. The van der Waals surface area contributed by atoms with Gasteiger partial charge in [0.1, 0.15) is 11.9 Å². The van der Waals surface area contributed by atoms with Crippen molar-refractivity contribution < 1.29 is 14.3 Å². The third-order valence-electron chi connectivity index (χ3n) is 2.69. The number of hydrogen-bond donors (Lipinski definition) is 0. The van der Waals surface area contributed by atoms with Gasteiger partial charge in [0.2, 0.25) is 0 Å². The van der Waals surface area contributed by atoms with Gasteiger partial charge < -0.3 is 9.47 Å². The van der Waals surface area contributed by atoms with Crippen LogP contribution in [0.5, 0.6) is 5.75 Å². The van der Waals surface area contributed by atoms with E-state index in [4.69, 9.17) is 21.1 Å². The lowest BCUT2D eigenvalue weighted by molar-refractivity contribution is 0.0600. The Bertz CT molecular complexity index is 627. The summed E-state index contributed by atoms with van der Waals surface area (Å²) < 4.78 is 11.4. The lowest BCUT2D eigenvalue weighted by Crippen LogP contribution is -2.07. The van der Waals surface area contributed by atoms with E-state index >= 15 is 0 Å². The fraction of sp³-hybridized carbons (Fsp3) is 0.214. The summed E-state index contributed by atoms with van der Waals surface area (Å²) in [6.07, 6.45) is -0.270. The molecule has 0 spiro atoms. The number of hydrogen-bond acceptors (Lipinski definition) is 4. The molecule has 1 aromatic heterocycles. The van der Waals surface area contributed by atoms with Crippen LogP contribution in [-0.4, -0.2) is 13.1 Å². The van der Waals surface area contributed by atoms with E-state index in [2.05, 4.69) is 15.9 Å². The molecule has 3 nitrogen and oxygen atoms in total. The molecule has 0 saturated carbocycles. The Hall–Kier alpha value is -1.04. The Kier molecular flexibility index (Phi) is 5.07. The molecule has 0 aliphatic heterocycles. The first kappa shape index (κ1) is 15.4. The van der Waals surface area contributed by atoms with Crippen molar-refractivity contribution in [1.29, 1.82) is 0 Å². The zero-order valence-corrected chi connectivity index (χ0v) is 14.0. The number of ether oxygens (including phenoxy) is 2. The maximum Gasteiger partial charge on any atom is 0.351 e. The molecule has 0 radical (unpaired) electrons. The molecule has 1 atom stereocenters. The molecule has 0 saturated heterocycles. The summed E-state index contributed by atoms with van der Waals surface area (Å²) >= 11 is 10.8. The Morgan fingerprint density at radius 3 is 2.75 bits per heavy atom. The third-order valence-corrected chi connectivity index (χ3v) is 4.63. The van der Waals surface area contributed by atoms with E-state index in [9.17, 15) is 4.79 Å². The van der Waals surface area contributed by atoms with Crippen LogP contribution in [-0.2, 0) is 4.74 Å². The number of esters is 1. The summed E-state index contributed by atoms with van der Waals surface area (Å²) in [6.45, 7) is 1.88. The van der Waals surface area contributed by atoms with Crippen LogP contribution in [0, 0.1) is 0 Å². The molecule has 2 aromatic rings. The van der Waals surface area contributed by atoms with Gasteiger partial charge in [0.05, 0.1) is 10.9 Å². The van der Waals surface area contributed by atoms with Crippen molar-refractivity contribution in [1.82, 2.24) is 0 Å². The predicted molar refractivity (Wildman–Crippen MR) is 83.9 cm³/mol. The van der Waals surface area contributed by atoms with Crippen LogP contribution in [0.15, 0.2) is 34.1 Å². The summed E-state index contributed by atoms with van der Waals surface area (Å²) in [4.78, 5) is 12.1. The number of thiophene rings is 1. The summed E-state index contributed by atoms with van der Waals surface area (Å²) in [6, 6.07) is 9.21. The molecule has 2 rings (SSSR count). The standard InChI is InChI=1S/C14H12BrClO3S/c1-8(9-5-3-4-6-10(9)16)19-11-7-12(15)20-13(11)14(17)18-2/h3-8H,1-2H3/t8-/m1/s1. The molecule has 106 valence electrons. The van der Waals surface area contributed by atoms with Crippen molar-refractivity contribution in [3.05, 3.63) is 49.6 Å². The number of rotatable bonds is 4. The van der Waals surface area contributed by atoms with Gasteiger partial charge in [0.15, 0.2) is 4.88 Å². The minimum Gasteiger partial charge on any atom is -0.484 e. The van der Waals surface area contributed by atoms with Crippen LogP contribution < -0.4 is 4.74 Å².